The first-order valence-corrected chi connectivity index (χ1v) is 8.82. The average molecular weight is 369 g/mol. The quantitative estimate of drug-likeness (QED) is 0.869. The van der Waals surface area contributed by atoms with Crippen molar-refractivity contribution in [1.82, 2.24) is 4.90 Å². The van der Waals surface area contributed by atoms with E-state index < -0.39 is 17.7 Å². The van der Waals surface area contributed by atoms with Gasteiger partial charge in [-0.3, -0.25) is 9.69 Å². The van der Waals surface area contributed by atoms with E-state index in [9.17, 15) is 9.59 Å². The van der Waals surface area contributed by atoms with Crippen LogP contribution in [0.4, 0.5) is 10.5 Å². The van der Waals surface area contributed by atoms with Crippen LogP contribution in [0.5, 0.6) is 5.75 Å². The van der Waals surface area contributed by atoms with Gasteiger partial charge in [0.15, 0.2) is 5.75 Å². The molecule has 0 aliphatic carbocycles. The standard InChI is InChI=1S/C18H25ClN2O4/c1-5-24-15-12(19)8-6-9-13(15)20-16(22)14-10-7-11-21(14)17(23)25-18(2,3)4/h6,8-9,14H,5,7,10-11H2,1-4H3,(H,20,22)/t14-/m0/s1. The van der Waals surface area contributed by atoms with Gasteiger partial charge in [-0.2, -0.15) is 0 Å². The van der Waals surface area contributed by atoms with Crippen LogP contribution in [-0.4, -0.2) is 41.7 Å². The van der Waals surface area contributed by atoms with E-state index in [4.69, 9.17) is 21.1 Å². The Bertz CT molecular complexity index is 642. The Hall–Kier alpha value is -1.95. The fourth-order valence-corrected chi connectivity index (χ4v) is 2.92. The first-order chi connectivity index (χ1) is 11.7. The Morgan fingerprint density at radius 3 is 2.72 bits per heavy atom. The molecule has 2 rings (SSSR count). The number of carbonyl (C=O) groups is 2. The maximum atomic E-state index is 12.7. The minimum atomic E-state index is -0.601. The van der Waals surface area contributed by atoms with E-state index in [1.807, 2.05) is 6.92 Å². The third-order valence-corrected chi connectivity index (χ3v) is 3.99. The molecule has 0 bridgehead atoms. The number of hydrogen-bond donors (Lipinski definition) is 1. The highest BCUT2D eigenvalue weighted by Gasteiger charge is 2.36. The van der Waals surface area contributed by atoms with Crippen LogP contribution >= 0.6 is 11.6 Å². The molecular formula is C18H25ClN2O4. The van der Waals surface area contributed by atoms with E-state index in [0.717, 1.165) is 6.42 Å². The van der Waals surface area contributed by atoms with Gasteiger partial charge >= 0.3 is 6.09 Å². The Kier molecular flexibility index (Phi) is 6.16. The molecule has 1 aliphatic heterocycles. The van der Waals surface area contributed by atoms with Crippen LogP contribution in [0.1, 0.15) is 40.5 Å². The number of nitrogens with one attached hydrogen (secondary N) is 1. The van der Waals surface area contributed by atoms with Crippen molar-refractivity contribution >= 4 is 29.3 Å². The summed E-state index contributed by atoms with van der Waals surface area (Å²) >= 11 is 6.14. The Morgan fingerprint density at radius 2 is 2.08 bits per heavy atom. The lowest BCUT2D eigenvalue weighted by molar-refractivity contribution is -0.120. The molecule has 1 atom stereocenters. The number of para-hydroxylation sites is 1. The topological polar surface area (TPSA) is 67.9 Å². The zero-order valence-electron chi connectivity index (χ0n) is 15.1. The molecule has 138 valence electrons. The van der Waals surface area contributed by atoms with Crippen LogP contribution in [0.25, 0.3) is 0 Å². The second-order valence-electron chi connectivity index (χ2n) is 6.87. The molecule has 0 aromatic heterocycles. The van der Waals surface area contributed by atoms with Crippen molar-refractivity contribution in [2.75, 3.05) is 18.5 Å². The van der Waals surface area contributed by atoms with Gasteiger partial charge in [0.25, 0.3) is 0 Å². The van der Waals surface area contributed by atoms with Crippen LogP contribution in [0.2, 0.25) is 5.02 Å². The molecule has 1 heterocycles. The van der Waals surface area contributed by atoms with Gasteiger partial charge in [-0.15, -0.1) is 0 Å². The molecule has 25 heavy (non-hydrogen) atoms. The van der Waals surface area contributed by atoms with E-state index in [-0.39, 0.29) is 5.91 Å². The second kappa shape index (κ2) is 7.95. The van der Waals surface area contributed by atoms with Crippen molar-refractivity contribution in [3.8, 4) is 5.75 Å². The number of hydrogen-bond acceptors (Lipinski definition) is 4. The van der Waals surface area contributed by atoms with Crippen molar-refractivity contribution in [1.29, 1.82) is 0 Å². The first-order valence-electron chi connectivity index (χ1n) is 8.44. The zero-order chi connectivity index (χ0) is 18.6. The fraction of sp³-hybridized carbons (Fsp3) is 0.556. The minimum absolute atomic E-state index is 0.272. The number of ether oxygens (including phenoxy) is 2. The average Bonchev–Trinajstić information content (AvgIpc) is 2.99. The molecule has 1 aromatic rings. The summed E-state index contributed by atoms with van der Waals surface area (Å²) in [7, 11) is 0. The van der Waals surface area contributed by atoms with Gasteiger partial charge in [-0.25, -0.2) is 4.79 Å². The van der Waals surface area contributed by atoms with Crippen LogP contribution in [0, 0.1) is 0 Å². The largest absolute Gasteiger partial charge is 0.490 e. The van der Waals surface area contributed by atoms with E-state index in [1.54, 1.807) is 39.0 Å². The van der Waals surface area contributed by atoms with Crippen molar-refractivity contribution in [2.45, 2.75) is 52.2 Å². The molecule has 1 aromatic carbocycles. The molecule has 1 fully saturated rings. The minimum Gasteiger partial charge on any atom is -0.490 e. The summed E-state index contributed by atoms with van der Waals surface area (Å²) in [6.45, 7) is 8.18. The van der Waals surface area contributed by atoms with E-state index in [1.165, 1.54) is 4.90 Å². The number of halogens is 1. The van der Waals surface area contributed by atoms with Gasteiger partial charge in [-0.05, 0) is 52.7 Å². The summed E-state index contributed by atoms with van der Waals surface area (Å²) in [6.07, 6.45) is 0.877. The molecule has 1 N–H and O–H groups in total. The molecule has 0 unspecified atom stereocenters. The fourth-order valence-electron chi connectivity index (χ4n) is 2.69. The van der Waals surface area contributed by atoms with Gasteiger partial charge < -0.3 is 14.8 Å². The second-order valence-corrected chi connectivity index (χ2v) is 7.28. The van der Waals surface area contributed by atoms with E-state index >= 15 is 0 Å². The lowest BCUT2D eigenvalue weighted by Crippen LogP contribution is -2.45. The third kappa shape index (κ3) is 5.01. The smallest absolute Gasteiger partial charge is 0.410 e. The maximum absolute atomic E-state index is 12.7. The Balaban J connectivity index is 2.12. The molecule has 1 saturated heterocycles. The van der Waals surface area contributed by atoms with Gasteiger partial charge in [-0.1, -0.05) is 17.7 Å². The monoisotopic (exact) mass is 368 g/mol. The summed E-state index contributed by atoms with van der Waals surface area (Å²) in [5.41, 5.74) is -0.106. The molecule has 0 saturated carbocycles. The lowest BCUT2D eigenvalue weighted by atomic mass is 10.2. The molecule has 7 heteroatoms. The summed E-state index contributed by atoms with van der Waals surface area (Å²) in [5, 5.41) is 3.25. The van der Waals surface area contributed by atoms with Crippen molar-refractivity contribution in [2.24, 2.45) is 0 Å². The molecule has 6 nitrogen and oxygen atoms in total. The number of carbonyl (C=O) groups excluding carboxylic acids is 2. The molecule has 0 spiro atoms. The molecular weight excluding hydrogens is 344 g/mol. The summed E-state index contributed by atoms with van der Waals surface area (Å²) in [6, 6.07) is 4.59. The predicted octanol–water partition coefficient (Wildman–Crippen LogP) is 4.08. The Labute approximate surface area is 153 Å². The number of nitrogens with zero attached hydrogens (tertiary/aromatic N) is 1. The van der Waals surface area contributed by atoms with E-state index in [2.05, 4.69) is 5.32 Å². The van der Waals surface area contributed by atoms with Crippen LogP contribution < -0.4 is 10.1 Å². The molecule has 1 aliphatic rings. The molecule has 2 amide bonds. The predicted molar refractivity (Wildman–Crippen MR) is 97.2 cm³/mol. The number of rotatable bonds is 4. The number of benzene rings is 1. The van der Waals surface area contributed by atoms with E-state index in [0.29, 0.717) is 36.0 Å². The Morgan fingerprint density at radius 1 is 1.36 bits per heavy atom. The number of likely N-dealkylation sites (tertiary alicyclic amines) is 1. The van der Waals surface area contributed by atoms with Gasteiger partial charge in [0.05, 0.1) is 17.3 Å². The highest BCUT2D eigenvalue weighted by Crippen LogP contribution is 2.33. The highest BCUT2D eigenvalue weighted by molar-refractivity contribution is 6.32. The number of anilines is 1. The van der Waals surface area contributed by atoms with Crippen molar-refractivity contribution in [3.05, 3.63) is 23.2 Å². The van der Waals surface area contributed by atoms with Crippen LogP contribution in [0.15, 0.2) is 18.2 Å². The maximum Gasteiger partial charge on any atom is 0.410 e. The summed E-state index contributed by atoms with van der Waals surface area (Å²) in [5.74, 6) is 0.161. The zero-order valence-corrected chi connectivity index (χ0v) is 15.9. The third-order valence-electron chi connectivity index (χ3n) is 3.70. The highest BCUT2D eigenvalue weighted by atomic mass is 35.5. The van der Waals surface area contributed by atoms with Crippen molar-refractivity contribution < 1.29 is 19.1 Å². The first kappa shape index (κ1) is 19.4. The van der Waals surface area contributed by atoms with Crippen LogP contribution in [0.3, 0.4) is 0 Å². The van der Waals surface area contributed by atoms with Gasteiger partial charge in [0.1, 0.15) is 11.6 Å². The normalized spacial score (nSPS) is 17.3. The SMILES string of the molecule is CCOc1c(Cl)cccc1NC(=O)[C@@H]1CCCN1C(=O)OC(C)(C)C. The van der Waals surface area contributed by atoms with Gasteiger partial charge in [0, 0.05) is 6.54 Å². The molecule has 0 radical (unpaired) electrons. The summed E-state index contributed by atoms with van der Waals surface area (Å²) in [4.78, 5) is 26.5. The summed E-state index contributed by atoms with van der Waals surface area (Å²) < 4.78 is 10.9. The number of amides is 2. The van der Waals surface area contributed by atoms with Crippen LogP contribution in [-0.2, 0) is 9.53 Å². The lowest BCUT2D eigenvalue weighted by Gasteiger charge is -2.28. The van der Waals surface area contributed by atoms with Gasteiger partial charge in [0.2, 0.25) is 5.91 Å². The van der Waals surface area contributed by atoms with Crippen molar-refractivity contribution in [3.63, 3.8) is 0 Å².